The molecule has 0 aliphatic heterocycles. The third-order valence-electron chi connectivity index (χ3n) is 2.81. The Kier molecular flexibility index (Phi) is 3.24. The van der Waals surface area contributed by atoms with Gasteiger partial charge in [-0.2, -0.15) is 5.10 Å². The number of rotatable bonds is 3. The van der Waals surface area contributed by atoms with Gasteiger partial charge in [-0.05, 0) is 37.7 Å². The monoisotopic (exact) mass is 233 g/mol. The first-order valence-electron chi connectivity index (χ1n) is 5.55. The first-order chi connectivity index (χ1) is 8.13. The van der Waals surface area contributed by atoms with Crippen LogP contribution in [0, 0.1) is 12.7 Å². The molecule has 1 aromatic heterocycles. The zero-order valence-electron chi connectivity index (χ0n) is 10.3. The molecule has 90 valence electrons. The molecule has 4 heteroatoms. The minimum absolute atomic E-state index is 0.178. The number of hydrogen-bond acceptors (Lipinski definition) is 2. The van der Waals surface area contributed by atoms with E-state index in [9.17, 15) is 4.39 Å². The Morgan fingerprint density at radius 3 is 2.76 bits per heavy atom. The summed E-state index contributed by atoms with van der Waals surface area (Å²) in [4.78, 5) is 0. The zero-order chi connectivity index (χ0) is 12.4. The molecule has 17 heavy (non-hydrogen) atoms. The van der Waals surface area contributed by atoms with E-state index in [1.165, 1.54) is 6.07 Å². The second-order valence-corrected chi connectivity index (χ2v) is 4.14. The van der Waals surface area contributed by atoms with E-state index in [-0.39, 0.29) is 5.82 Å². The second kappa shape index (κ2) is 4.67. The number of nitrogens with one attached hydrogen (secondary N) is 1. The lowest BCUT2D eigenvalue weighted by molar-refractivity contribution is 0.601. The van der Waals surface area contributed by atoms with Gasteiger partial charge in [0.25, 0.3) is 0 Å². The summed E-state index contributed by atoms with van der Waals surface area (Å²) in [5.74, 6) is -0.178. The molecule has 0 saturated heterocycles. The van der Waals surface area contributed by atoms with Crippen molar-refractivity contribution in [2.75, 3.05) is 7.05 Å². The van der Waals surface area contributed by atoms with Crippen LogP contribution in [0.1, 0.15) is 11.1 Å². The van der Waals surface area contributed by atoms with Gasteiger partial charge < -0.3 is 5.32 Å². The Morgan fingerprint density at radius 1 is 1.41 bits per heavy atom. The van der Waals surface area contributed by atoms with Crippen molar-refractivity contribution in [1.82, 2.24) is 15.1 Å². The van der Waals surface area contributed by atoms with Crippen molar-refractivity contribution in [3.05, 3.63) is 41.3 Å². The highest BCUT2D eigenvalue weighted by Crippen LogP contribution is 2.24. The molecule has 2 rings (SSSR count). The van der Waals surface area contributed by atoms with E-state index in [0.29, 0.717) is 12.1 Å². The fourth-order valence-electron chi connectivity index (χ4n) is 2.01. The highest BCUT2D eigenvalue weighted by Gasteiger charge is 2.10. The van der Waals surface area contributed by atoms with Crippen LogP contribution in [0.5, 0.6) is 0 Å². The summed E-state index contributed by atoms with van der Waals surface area (Å²) < 4.78 is 15.3. The highest BCUT2D eigenvalue weighted by atomic mass is 19.1. The summed E-state index contributed by atoms with van der Waals surface area (Å²) in [5, 5.41) is 7.16. The van der Waals surface area contributed by atoms with Gasteiger partial charge in [-0.15, -0.1) is 0 Å². The summed E-state index contributed by atoms with van der Waals surface area (Å²) in [6, 6.07) is 5.17. The first-order valence-corrected chi connectivity index (χ1v) is 5.55. The molecule has 1 aromatic carbocycles. The molecule has 2 aromatic rings. The molecule has 0 bridgehead atoms. The van der Waals surface area contributed by atoms with Gasteiger partial charge in [-0.3, -0.25) is 4.68 Å². The molecule has 1 heterocycles. The van der Waals surface area contributed by atoms with Crippen molar-refractivity contribution in [1.29, 1.82) is 0 Å². The smallest absolute Gasteiger partial charge is 0.127 e. The Morgan fingerprint density at radius 2 is 2.18 bits per heavy atom. The maximum absolute atomic E-state index is 13.5. The van der Waals surface area contributed by atoms with E-state index >= 15 is 0 Å². The molecule has 0 amide bonds. The standard InChI is InChI=1S/C13H16FN3/c1-9-7-16-17(3)13(9)10-4-5-12(14)11(6-10)8-15-2/h4-7,15H,8H2,1-3H3. The maximum Gasteiger partial charge on any atom is 0.127 e. The highest BCUT2D eigenvalue weighted by molar-refractivity contribution is 5.63. The summed E-state index contributed by atoms with van der Waals surface area (Å²) in [7, 11) is 3.70. The molecule has 0 unspecified atom stereocenters. The van der Waals surface area contributed by atoms with Crippen LogP contribution in [0.2, 0.25) is 0 Å². The fourth-order valence-corrected chi connectivity index (χ4v) is 2.01. The van der Waals surface area contributed by atoms with Gasteiger partial charge in [0, 0.05) is 24.7 Å². The first kappa shape index (κ1) is 11.8. The van der Waals surface area contributed by atoms with Crippen LogP contribution in [-0.4, -0.2) is 16.8 Å². The van der Waals surface area contributed by atoms with Crippen LogP contribution in [0.15, 0.2) is 24.4 Å². The van der Waals surface area contributed by atoms with E-state index in [1.54, 1.807) is 13.1 Å². The van der Waals surface area contributed by atoms with Crippen LogP contribution < -0.4 is 5.32 Å². The SMILES string of the molecule is CNCc1cc(-c2c(C)cnn2C)ccc1F. The van der Waals surface area contributed by atoms with Crippen molar-refractivity contribution in [2.24, 2.45) is 7.05 Å². The van der Waals surface area contributed by atoms with Crippen LogP contribution in [0.25, 0.3) is 11.3 Å². The quantitative estimate of drug-likeness (QED) is 0.881. The van der Waals surface area contributed by atoms with E-state index in [1.807, 2.05) is 30.9 Å². The largest absolute Gasteiger partial charge is 0.316 e. The van der Waals surface area contributed by atoms with Gasteiger partial charge in [0.15, 0.2) is 0 Å². The molecule has 0 aliphatic rings. The van der Waals surface area contributed by atoms with Crippen molar-refractivity contribution in [3.8, 4) is 11.3 Å². The van der Waals surface area contributed by atoms with E-state index in [0.717, 1.165) is 16.8 Å². The Labute approximate surface area is 100 Å². The van der Waals surface area contributed by atoms with Crippen LogP contribution in [0.3, 0.4) is 0 Å². The topological polar surface area (TPSA) is 29.9 Å². The molecule has 3 nitrogen and oxygen atoms in total. The average molecular weight is 233 g/mol. The molecule has 0 saturated carbocycles. The van der Waals surface area contributed by atoms with Crippen LogP contribution >= 0.6 is 0 Å². The minimum atomic E-state index is -0.178. The number of aromatic nitrogens is 2. The fraction of sp³-hybridized carbons (Fsp3) is 0.308. The average Bonchev–Trinajstić information content (AvgIpc) is 2.63. The van der Waals surface area contributed by atoms with Crippen molar-refractivity contribution < 1.29 is 4.39 Å². The molecular weight excluding hydrogens is 217 g/mol. The van der Waals surface area contributed by atoms with Crippen LogP contribution in [-0.2, 0) is 13.6 Å². The Hall–Kier alpha value is -1.68. The van der Waals surface area contributed by atoms with Gasteiger partial charge in [0.2, 0.25) is 0 Å². The van der Waals surface area contributed by atoms with Gasteiger partial charge in [0.1, 0.15) is 5.82 Å². The van der Waals surface area contributed by atoms with Crippen molar-refractivity contribution in [3.63, 3.8) is 0 Å². The normalized spacial score (nSPS) is 10.8. The molecule has 0 radical (unpaired) electrons. The summed E-state index contributed by atoms with van der Waals surface area (Å²) in [6.45, 7) is 2.53. The Balaban J connectivity index is 2.50. The molecule has 1 N–H and O–H groups in total. The minimum Gasteiger partial charge on any atom is -0.316 e. The lowest BCUT2D eigenvalue weighted by Crippen LogP contribution is -2.07. The van der Waals surface area contributed by atoms with E-state index in [4.69, 9.17) is 0 Å². The number of aryl methyl sites for hydroxylation is 2. The molecule has 0 atom stereocenters. The van der Waals surface area contributed by atoms with Gasteiger partial charge in [0.05, 0.1) is 11.9 Å². The predicted molar refractivity (Wildman–Crippen MR) is 66.1 cm³/mol. The van der Waals surface area contributed by atoms with Crippen molar-refractivity contribution >= 4 is 0 Å². The van der Waals surface area contributed by atoms with Gasteiger partial charge in [-0.25, -0.2) is 4.39 Å². The third-order valence-corrected chi connectivity index (χ3v) is 2.81. The lowest BCUT2D eigenvalue weighted by atomic mass is 10.0. The summed E-state index contributed by atoms with van der Waals surface area (Å²) >= 11 is 0. The number of benzene rings is 1. The van der Waals surface area contributed by atoms with E-state index in [2.05, 4.69) is 10.4 Å². The molecular formula is C13H16FN3. The molecule has 0 spiro atoms. The summed E-state index contributed by atoms with van der Waals surface area (Å²) in [6.07, 6.45) is 1.82. The lowest BCUT2D eigenvalue weighted by Gasteiger charge is -2.08. The number of nitrogens with zero attached hydrogens (tertiary/aromatic N) is 2. The third kappa shape index (κ3) is 2.22. The second-order valence-electron chi connectivity index (χ2n) is 4.14. The number of halogens is 1. The van der Waals surface area contributed by atoms with Crippen molar-refractivity contribution in [2.45, 2.75) is 13.5 Å². The predicted octanol–water partition coefficient (Wildman–Crippen LogP) is 2.25. The zero-order valence-corrected chi connectivity index (χ0v) is 10.3. The summed E-state index contributed by atoms with van der Waals surface area (Å²) in [5.41, 5.74) is 3.79. The molecule has 0 fully saturated rings. The van der Waals surface area contributed by atoms with E-state index < -0.39 is 0 Å². The van der Waals surface area contributed by atoms with Gasteiger partial charge >= 0.3 is 0 Å². The number of hydrogen-bond donors (Lipinski definition) is 1. The maximum atomic E-state index is 13.5. The Bertz CT molecular complexity index is 512. The van der Waals surface area contributed by atoms with Gasteiger partial charge in [-0.1, -0.05) is 0 Å². The van der Waals surface area contributed by atoms with Crippen LogP contribution in [0.4, 0.5) is 4.39 Å². The molecule has 0 aliphatic carbocycles.